The highest BCUT2D eigenvalue weighted by molar-refractivity contribution is 6.37. The third-order valence-corrected chi connectivity index (χ3v) is 8.22. The molecule has 0 saturated carbocycles. The van der Waals surface area contributed by atoms with Crippen molar-refractivity contribution in [2.45, 2.75) is 12.8 Å². The van der Waals surface area contributed by atoms with E-state index in [4.69, 9.17) is 9.47 Å². The van der Waals surface area contributed by atoms with E-state index in [9.17, 15) is 28.8 Å². The normalized spacial score (nSPS) is 21.6. The summed E-state index contributed by atoms with van der Waals surface area (Å²) in [4.78, 5) is 85.0. The van der Waals surface area contributed by atoms with E-state index in [2.05, 4.69) is 0 Å². The minimum absolute atomic E-state index is 0.0591. The quantitative estimate of drug-likeness (QED) is 0.337. The summed E-state index contributed by atoms with van der Waals surface area (Å²) in [6, 6.07) is 18.5. The summed E-state index contributed by atoms with van der Waals surface area (Å²) in [5, 5.41) is 0. The molecule has 6 rings (SSSR count). The number of ether oxygens (including phenoxy) is 2. The first kappa shape index (κ1) is 26.1. The van der Waals surface area contributed by atoms with Gasteiger partial charge in [-0.3, -0.25) is 38.6 Å². The van der Waals surface area contributed by atoms with Crippen LogP contribution in [0.5, 0.6) is 11.5 Å². The summed E-state index contributed by atoms with van der Waals surface area (Å²) in [6.45, 7) is 0. The zero-order valence-corrected chi connectivity index (χ0v) is 22.2. The minimum atomic E-state index is -2.26. The molecule has 10 heteroatoms. The number of imide groups is 2. The van der Waals surface area contributed by atoms with Crippen molar-refractivity contribution < 1.29 is 38.2 Å². The molecule has 3 aromatic carbocycles. The van der Waals surface area contributed by atoms with Gasteiger partial charge in [-0.2, -0.15) is 0 Å². The van der Waals surface area contributed by atoms with Crippen molar-refractivity contribution >= 4 is 46.6 Å². The molecule has 206 valence electrons. The highest BCUT2D eigenvalue weighted by atomic mass is 16.5. The number of benzene rings is 3. The van der Waals surface area contributed by atoms with Gasteiger partial charge in [0.15, 0.2) is 11.6 Å². The number of fused-ring (bicyclic) bond motifs is 1. The number of hydrogen-bond donors (Lipinski definition) is 0. The first-order valence-corrected chi connectivity index (χ1v) is 12.9. The van der Waals surface area contributed by atoms with Gasteiger partial charge >= 0.3 is 0 Å². The van der Waals surface area contributed by atoms with Crippen molar-refractivity contribution in [2.24, 2.45) is 17.3 Å². The predicted molar refractivity (Wildman–Crippen MR) is 145 cm³/mol. The smallest absolute Gasteiger partial charge is 0.238 e. The number of methoxy groups -OCH3 is 2. The van der Waals surface area contributed by atoms with E-state index in [0.717, 1.165) is 9.80 Å². The Morgan fingerprint density at radius 3 is 1.29 bits per heavy atom. The van der Waals surface area contributed by atoms with Crippen molar-refractivity contribution in [1.82, 2.24) is 0 Å². The molecule has 1 aliphatic carbocycles. The van der Waals surface area contributed by atoms with Gasteiger partial charge in [0.1, 0.15) is 16.9 Å². The Kier molecular flexibility index (Phi) is 6.06. The van der Waals surface area contributed by atoms with E-state index in [0.29, 0.717) is 11.5 Å². The monoisotopic (exact) mass is 552 g/mol. The summed E-state index contributed by atoms with van der Waals surface area (Å²) < 4.78 is 10.3. The molecule has 0 radical (unpaired) electrons. The molecule has 3 aromatic rings. The van der Waals surface area contributed by atoms with E-state index in [1.54, 1.807) is 36.4 Å². The number of amides is 4. The van der Waals surface area contributed by atoms with Gasteiger partial charge in [0.25, 0.3) is 0 Å². The lowest BCUT2D eigenvalue weighted by Gasteiger charge is -2.34. The first-order chi connectivity index (χ1) is 19.7. The van der Waals surface area contributed by atoms with E-state index < -0.39 is 65.3 Å². The Morgan fingerprint density at radius 1 is 0.585 bits per heavy atom. The fourth-order valence-electron chi connectivity index (χ4n) is 6.28. The molecule has 2 saturated heterocycles. The van der Waals surface area contributed by atoms with Gasteiger partial charge in [-0.05, 0) is 48.5 Å². The van der Waals surface area contributed by atoms with E-state index in [1.807, 2.05) is 0 Å². The lowest BCUT2D eigenvalue weighted by Crippen LogP contribution is -2.52. The highest BCUT2D eigenvalue weighted by Gasteiger charge is 2.70. The van der Waals surface area contributed by atoms with Crippen LogP contribution in [-0.2, 0) is 19.2 Å². The number of ketones is 2. The summed E-state index contributed by atoms with van der Waals surface area (Å²) in [6.07, 6.45) is -0.951. The van der Waals surface area contributed by atoms with Gasteiger partial charge in [-0.25, -0.2) is 0 Å². The molecule has 10 nitrogen and oxygen atoms in total. The maximum absolute atomic E-state index is 14.2. The third kappa shape index (κ3) is 3.63. The predicted octanol–water partition coefficient (Wildman–Crippen LogP) is 3.23. The fourth-order valence-corrected chi connectivity index (χ4v) is 6.28. The molecule has 2 unspecified atom stereocenters. The zero-order chi connectivity index (χ0) is 29.1. The van der Waals surface area contributed by atoms with Crippen LogP contribution < -0.4 is 19.3 Å². The van der Waals surface area contributed by atoms with Crippen molar-refractivity contribution in [3.05, 3.63) is 83.9 Å². The standard InChI is InChI=1S/C31H24N2O8/c1-40-19-11-7-17(8-12-19)32-25(34)15-23(29(32)38)31(27(36)21-5-3-4-6-22(21)28(31)37)24-16-26(35)33(30(24)39)18-9-13-20(41-2)14-10-18/h3-14,23-24H,15-16H2,1-2H3. The summed E-state index contributed by atoms with van der Waals surface area (Å²) in [5.41, 5.74) is -1.66. The lowest BCUT2D eigenvalue weighted by molar-refractivity contribution is -0.127. The van der Waals surface area contributed by atoms with Crippen molar-refractivity contribution in [2.75, 3.05) is 24.0 Å². The number of nitrogens with zero attached hydrogens (tertiary/aromatic N) is 2. The van der Waals surface area contributed by atoms with Crippen LogP contribution in [-0.4, -0.2) is 49.4 Å². The Morgan fingerprint density at radius 2 is 0.951 bits per heavy atom. The SMILES string of the molecule is COc1ccc(N2C(=O)CC(C3(C4CC(=O)N(c5ccc(OC)cc5)C4=O)C(=O)c4ccccc4C3=O)C2=O)cc1. The second kappa shape index (κ2) is 9.51. The largest absolute Gasteiger partial charge is 0.497 e. The molecule has 4 amide bonds. The summed E-state index contributed by atoms with van der Waals surface area (Å²) >= 11 is 0. The first-order valence-electron chi connectivity index (χ1n) is 12.9. The molecule has 0 N–H and O–H groups in total. The number of hydrogen-bond acceptors (Lipinski definition) is 8. The maximum atomic E-state index is 14.2. The van der Waals surface area contributed by atoms with Crippen LogP contribution in [0.4, 0.5) is 11.4 Å². The van der Waals surface area contributed by atoms with E-state index in [1.165, 1.54) is 50.6 Å². The summed E-state index contributed by atoms with van der Waals surface area (Å²) in [7, 11) is 2.95. The second-order valence-electron chi connectivity index (χ2n) is 10.1. The molecular weight excluding hydrogens is 528 g/mol. The highest BCUT2D eigenvalue weighted by Crippen LogP contribution is 2.55. The number of carbonyl (C=O) groups is 6. The average Bonchev–Trinajstić information content (AvgIpc) is 3.54. The molecule has 0 aromatic heterocycles. The average molecular weight is 553 g/mol. The van der Waals surface area contributed by atoms with Gasteiger partial charge < -0.3 is 9.47 Å². The molecule has 2 fully saturated rings. The van der Waals surface area contributed by atoms with Gasteiger partial charge in [-0.1, -0.05) is 24.3 Å². The molecule has 2 atom stereocenters. The lowest BCUT2D eigenvalue weighted by atomic mass is 9.61. The Bertz CT molecular complexity index is 1520. The third-order valence-electron chi connectivity index (χ3n) is 8.22. The Labute approximate surface area is 234 Å². The number of Topliss-reactive ketones (excluding diaryl/α,β-unsaturated/α-hetero) is 2. The van der Waals surface area contributed by atoms with Crippen LogP contribution in [0.2, 0.25) is 0 Å². The molecular formula is C31H24N2O8. The van der Waals surface area contributed by atoms with Gasteiger partial charge in [0.2, 0.25) is 23.6 Å². The second-order valence-corrected chi connectivity index (χ2v) is 10.1. The maximum Gasteiger partial charge on any atom is 0.238 e. The van der Waals surface area contributed by atoms with Crippen LogP contribution in [0, 0.1) is 17.3 Å². The van der Waals surface area contributed by atoms with Crippen LogP contribution in [0.25, 0.3) is 0 Å². The number of rotatable bonds is 6. The van der Waals surface area contributed by atoms with Crippen molar-refractivity contribution in [1.29, 1.82) is 0 Å². The van der Waals surface area contributed by atoms with Gasteiger partial charge in [-0.15, -0.1) is 0 Å². The topological polar surface area (TPSA) is 127 Å². The molecule has 41 heavy (non-hydrogen) atoms. The Hall–Kier alpha value is -5.12. The fraction of sp³-hybridized carbons (Fsp3) is 0.226. The van der Waals surface area contributed by atoms with E-state index in [-0.39, 0.29) is 22.5 Å². The van der Waals surface area contributed by atoms with Crippen molar-refractivity contribution in [3.63, 3.8) is 0 Å². The minimum Gasteiger partial charge on any atom is -0.497 e. The van der Waals surface area contributed by atoms with Crippen LogP contribution in [0.3, 0.4) is 0 Å². The molecule has 0 spiro atoms. The van der Waals surface area contributed by atoms with E-state index >= 15 is 0 Å². The zero-order valence-electron chi connectivity index (χ0n) is 22.2. The van der Waals surface area contributed by atoms with Gasteiger partial charge in [0, 0.05) is 24.0 Å². The van der Waals surface area contributed by atoms with Crippen molar-refractivity contribution in [3.8, 4) is 11.5 Å². The molecule has 3 aliphatic rings. The van der Waals surface area contributed by atoms with Crippen LogP contribution in [0.1, 0.15) is 33.6 Å². The summed E-state index contributed by atoms with van der Waals surface area (Å²) in [5.74, 6) is -6.22. The molecule has 2 heterocycles. The van der Waals surface area contributed by atoms with Crippen LogP contribution >= 0.6 is 0 Å². The van der Waals surface area contributed by atoms with Crippen LogP contribution in [0.15, 0.2) is 72.8 Å². The van der Waals surface area contributed by atoms with Gasteiger partial charge in [0.05, 0.1) is 37.4 Å². The molecule has 0 bridgehead atoms. The Balaban J connectivity index is 1.46. The molecule has 2 aliphatic heterocycles. The number of carbonyl (C=O) groups excluding carboxylic acids is 6. The number of anilines is 2.